The van der Waals surface area contributed by atoms with Gasteiger partial charge in [0.05, 0.1) is 6.04 Å². The molecule has 1 atom stereocenters. The Labute approximate surface area is 140 Å². The Kier molecular flexibility index (Phi) is 6.11. The highest BCUT2D eigenvalue weighted by Crippen LogP contribution is 2.23. The van der Waals surface area contributed by atoms with Crippen molar-refractivity contribution in [3.8, 4) is 0 Å². The molecule has 1 aromatic rings. The average molecular weight is 339 g/mol. The molecule has 0 unspecified atom stereocenters. The number of urea groups is 1. The van der Waals surface area contributed by atoms with Gasteiger partial charge in [0.15, 0.2) is 0 Å². The number of nitrogens with two attached hydrogens (primary N) is 1. The van der Waals surface area contributed by atoms with Crippen molar-refractivity contribution in [3.63, 3.8) is 0 Å². The first kappa shape index (κ1) is 18.2. The van der Waals surface area contributed by atoms with Gasteiger partial charge in [0.1, 0.15) is 11.6 Å². The second kappa shape index (κ2) is 8.08. The maximum Gasteiger partial charge on any atom is 0.317 e. The fourth-order valence-corrected chi connectivity index (χ4v) is 2.99. The van der Waals surface area contributed by atoms with E-state index in [1.54, 1.807) is 4.90 Å². The number of benzene rings is 1. The third-order valence-electron chi connectivity index (χ3n) is 4.40. The maximum absolute atomic E-state index is 14.0. The molecule has 5 nitrogen and oxygen atoms in total. The van der Waals surface area contributed by atoms with Crippen LogP contribution in [0.2, 0.25) is 0 Å². The number of hydrogen-bond acceptors (Lipinski definition) is 2. The Hall–Kier alpha value is -2.18. The van der Waals surface area contributed by atoms with Crippen LogP contribution >= 0.6 is 0 Å². The highest BCUT2D eigenvalue weighted by Gasteiger charge is 2.27. The van der Waals surface area contributed by atoms with Crippen molar-refractivity contribution in [1.82, 2.24) is 10.2 Å². The lowest BCUT2D eigenvalue weighted by molar-refractivity contribution is -0.123. The van der Waals surface area contributed by atoms with Gasteiger partial charge in [-0.25, -0.2) is 13.6 Å². The van der Waals surface area contributed by atoms with E-state index >= 15 is 0 Å². The minimum atomic E-state index is -0.666. The number of piperidine rings is 1. The number of likely N-dealkylation sites (tertiary alicyclic amines) is 1. The first-order valence-corrected chi connectivity index (χ1v) is 8.22. The Morgan fingerprint density at radius 3 is 2.54 bits per heavy atom. The number of carbonyl (C=O) groups excluding carboxylic acids is 2. The zero-order valence-corrected chi connectivity index (χ0v) is 13.7. The molecule has 1 aliphatic heterocycles. The second-order valence-electron chi connectivity index (χ2n) is 6.12. The first-order valence-electron chi connectivity index (χ1n) is 8.22. The van der Waals surface area contributed by atoms with Gasteiger partial charge in [-0.05, 0) is 25.3 Å². The highest BCUT2D eigenvalue weighted by atomic mass is 19.1. The fraction of sp³-hybridized carbons (Fsp3) is 0.529. The standard InChI is InChI=1S/C17H23F2N3O2/c1-2-3-15(13-5-4-12(18)10-14(13)19)21-17(24)22-8-6-11(7-9-22)16(20)23/h4-5,10-11,15H,2-3,6-9H2,1H3,(H2,20,23)(H,21,24)/t15-/m0/s1. The molecule has 0 saturated carbocycles. The summed E-state index contributed by atoms with van der Waals surface area (Å²) in [6.07, 6.45) is 2.36. The van der Waals surface area contributed by atoms with E-state index < -0.39 is 17.7 Å². The number of primary amides is 1. The molecule has 1 aliphatic rings. The molecule has 1 aromatic carbocycles. The van der Waals surface area contributed by atoms with Crippen LogP contribution in [0.4, 0.5) is 13.6 Å². The third kappa shape index (κ3) is 4.43. The van der Waals surface area contributed by atoms with E-state index in [-0.39, 0.29) is 23.4 Å². The van der Waals surface area contributed by atoms with Gasteiger partial charge in [-0.15, -0.1) is 0 Å². The van der Waals surface area contributed by atoms with E-state index in [1.165, 1.54) is 12.1 Å². The quantitative estimate of drug-likeness (QED) is 0.865. The lowest BCUT2D eigenvalue weighted by Crippen LogP contribution is -2.47. The predicted octanol–water partition coefficient (Wildman–Crippen LogP) is 2.71. The smallest absolute Gasteiger partial charge is 0.317 e. The Morgan fingerprint density at radius 1 is 1.33 bits per heavy atom. The zero-order valence-electron chi connectivity index (χ0n) is 13.7. The number of hydrogen-bond donors (Lipinski definition) is 2. The minimum absolute atomic E-state index is 0.199. The molecule has 0 spiro atoms. The van der Waals surface area contributed by atoms with Crippen LogP contribution in [0, 0.1) is 17.6 Å². The fourth-order valence-electron chi connectivity index (χ4n) is 2.99. The van der Waals surface area contributed by atoms with Crippen molar-refractivity contribution >= 4 is 11.9 Å². The van der Waals surface area contributed by atoms with Crippen molar-refractivity contribution in [3.05, 3.63) is 35.4 Å². The van der Waals surface area contributed by atoms with Gasteiger partial charge in [-0.2, -0.15) is 0 Å². The number of carbonyl (C=O) groups is 2. The van der Waals surface area contributed by atoms with Gasteiger partial charge in [0.2, 0.25) is 5.91 Å². The summed E-state index contributed by atoms with van der Waals surface area (Å²) in [5, 5.41) is 2.82. The van der Waals surface area contributed by atoms with E-state index in [4.69, 9.17) is 5.73 Å². The summed E-state index contributed by atoms with van der Waals surface area (Å²) < 4.78 is 27.1. The summed E-state index contributed by atoms with van der Waals surface area (Å²) >= 11 is 0. The van der Waals surface area contributed by atoms with Crippen molar-refractivity contribution in [2.24, 2.45) is 11.7 Å². The summed E-state index contributed by atoms with van der Waals surface area (Å²) in [5.41, 5.74) is 5.56. The normalized spacial score (nSPS) is 16.7. The van der Waals surface area contributed by atoms with Gasteiger partial charge in [0, 0.05) is 30.6 Å². The average Bonchev–Trinajstić information content (AvgIpc) is 2.54. The number of nitrogens with one attached hydrogen (secondary N) is 1. The molecular weight excluding hydrogens is 316 g/mol. The van der Waals surface area contributed by atoms with Crippen molar-refractivity contribution in [1.29, 1.82) is 0 Å². The second-order valence-corrected chi connectivity index (χ2v) is 6.12. The van der Waals surface area contributed by atoms with E-state index in [1.807, 2.05) is 6.92 Å². The van der Waals surface area contributed by atoms with E-state index in [0.717, 1.165) is 12.5 Å². The number of rotatable bonds is 5. The van der Waals surface area contributed by atoms with Crippen molar-refractivity contribution in [2.75, 3.05) is 13.1 Å². The molecule has 0 radical (unpaired) electrons. The van der Waals surface area contributed by atoms with Crippen LogP contribution in [0.5, 0.6) is 0 Å². The molecule has 0 aliphatic carbocycles. The van der Waals surface area contributed by atoms with Crippen LogP contribution in [0.25, 0.3) is 0 Å². The molecule has 1 saturated heterocycles. The van der Waals surface area contributed by atoms with Gasteiger partial charge in [-0.3, -0.25) is 4.79 Å². The molecule has 132 valence electrons. The topological polar surface area (TPSA) is 75.4 Å². The first-order chi connectivity index (χ1) is 11.4. The van der Waals surface area contributed by atoms with Gasteiger partial charge < -0.3 is 16.0 Å². The lowest BCUT2D eigenvalue weighted by Gasteiger charge is -2.32. The number of amides is 3. The van der Waals surface area contributed by atoms with Crippen LogP contribution in [0.1, 0.15) is 44.2 Å². The van der Waals surface area contributed by atoms with Crippen molar-refractivity contribution < 1.29 is 18.4 Å². The summed E-state index contributed by atoms with van der Waals surface area (Å²) in [4.78, 5) is 25.2. The molecule has 0 aromatic heterocycles. The monoisotopic (exact) mass is 339 g/mol. The number of nitrogens with zero attached hydrogens (tertiary/aromatic N) is 1. The minimum Gasteiger partial charge on any atom is -0.369 e. The van der Waals surface area contributed by atoms with Gasteiger partial charge >= 0.3 is 6.03 Å². The third-order valence-corrected chi connectivity index (χ3v) is 4.40. The molecule has 7 heteroatoms. The molecule has 0 bridgehead atoms. The summed E-state index contributed by atoms with van der Waals surface area (Å²) in [6.45, 7) is 2.80. The van der Waals surface area contributed by atoms with Gasteiger partial charge in [-0.1, -0.05) is 19.4 Å². The van der Waals surface area contributed by atoms with Crippen LogP contribution in [0.15, 0.2) is 18.2 Å². The Bertz CT molecular complexity index is 601. The maximum atomic E-state index is 14.0. The lowest BCUT2D eigenvalue weighted by atomic mass is 9.96. The molecule has 1 fully saturated rings. The van der Waals surface area contributed by atoms with Crippen LogP contribution < -0.4 is 11.1 Å². The molecule has 3 N–H and O–H groups in total. The highest BCUT2D eigenvalue weighted by molar-refractivity contribution is 5.78. The van der Waals surface area contributed by atoms with Gasteiger partial charge in [0.25, 0.3) is 0 Å². The predicted molar refractivity (Wildman–Crippen MR) is 86.0 cm³/mol. The number of halogens is 2. The zero-order chi connectivity index (χ0) is 17.7. The molecule has 3 amide bonds. The summed E-state index contributed by atoms with van der Waals surface area (Å²) in [6, 6.07) is 2.55. The largest absolute Gasteiger partial charge is 0.369 e. The summed E-state index contributed by atoms with van der Waals surface area (Å²) in [5.74, 6) is -1.85. The van der Waals surface area contributed by atoms with Crippen LogP contribution in [-0.2, 0) is 4.79 Å². The SMILES string of the molecule is CCC[C@H](NC(=O)N1CCC(C(N)=O)CC1)c1ccc(F)cc1F. The molecule has 2 rings (SSSR count). The Morgan fingerprint density at radius 2 is 2.00 bits per heavy atom. The van der Waals surface area contributed by atoms with Crippen LogP contribution in [0.3, 0.4) is 0 Å². The van der Waals surface area contributed by atoms with Crippen LogP contribution in [-0.4, -0.2) is 29.9 Å². The molecule has 24 heavy (non-hydrogen) atoms. The Balaban J connectivity index is 2.02. The van der Waals surface area contributed by atoms with E-state index in [0.29, 0.717) is 32.4 Å². The van der Waals surface area contributed by atoms with E-state index in [2.05, 4.69) is 5.32 Å². The molecule has 1 heterocycles. The van der Waals surface area contributed by atoms with E-state index in [9.17, 15) is 18.4 Å². The molecular formula is C17H23F2N3O2. The van der Waals surface area contributed by atoms with Crippen molar-refractivity contribution in [2.45, 2.75) is 38.6 Å². The summed E-state index contributed by atoms with van der Waals surface area (Å²) in [7, 11) is 0.